The number of ether oxygens (including phenoxy) is 1. The van der Waals surface area contributed by atoms with Crippen molar-refractivity contribution in [3.8, 4) is 0 Å². The first kappa shape index (κ1) is 19.0. The lowest BCUT2D eigenvalue weighted by Crippen LogP contribution is -2.27. The van der Waals surface area contributed by atoms with Crippen LogP contribution in [0.1, 0.15) is 36.7 Å². The van der Waals surface area contributed by atoms with Crippen LogP contribution >= 0.6 is 15.9 Å². The zero-order valence-electron chi connectivity index (χ0n) is 14.6. The van der Waals surface area contributed by atoms with Crippen molar-refractivity contribution in [1.29, 1.82) is 0 Å². The topological polar surface area (TPSA) is 67.4 Å². The van der Waals surface area contributed by atoms with Crippen LogP contribution in [0.5, 0.6) is 0 Å². The van der Waals surface area contributed by atoms with Crippen molar-refractivity contribution in [3.63, 3.8) is 0 Å². The van der Waals surface area contributed by atoms with Crippen LogP contribution in [0.2, 0.25) is 0 Å². The van der Waals surface area contributed by atoms with E-state index in [1.165, 1.54) is 0 Å². The van der Waals surface area contributed by atoms with Gasteiger partial charge in [-0.3, -0.25) is 10.1 Å². The van der Waals surface area contributed by atoms with Crippen molar-refractivity contribution in [3.05, 3.63) is 58.1 Å². The predicted molar refractivity (Wildman–Crippen MR) is 103 cm³/mol. The van der Waals surface area contributed by atoms with E-state index in [9.17, 15) is 9.59 Å². The molecule has 0 unspecified atom stereocenters. The number of carbonyl (C=O) groups excluding carboxylic acids is 2. The molecule has 25 heavy (non-hydrogen) atoms. The Morgan fingerprint density at radius 1 is 1.04 bits per heavy atom. The first-order chi connectivity index (χ1) is 11.6. The number of carbonyl (C=O) groups is 2. The van der Waals surface area contributed by atoms with Crippen molar-refractivity contribution in [2.24, 2.45) is 0 Å². The fourth-order valence-corrected chi connectivity index (χ4v) is 2.60. The van der Waals surface area contributed by atoms with E-state index in [0.29, 0.717) is 11.3 Å². The normalized spacial score (nSPS) is 10.9. The number of hydrogen-bond acceptors (Lipinski definition) is 3. The molecule has 2 rings (SSSR count). The zero-order chi connectivity index (χ0) is 18.6. The molecule has 0 heterocycles. The molecular weight excluding hydrogens is 384 g/mol. The number of rotatable bonds is 3. The van der Waals surface area contributed by atoms with Gasteiger partial charge < -0.3 is 10.1 Å². The summed E-state index contributed by atoms with van der Waals surface area (Å²) in [5.74, 6) is -0.252. The van der Waals surface area contributed by atoms with E-state index in [1.54, 1.807) is 45.0 Å². The van der Waals surface area contributed by atoms with Crippen molar-refractivity contribution in [2.45, 2.75) is 33.3 Å². The maximum atomic E-state index is 12.5. The molecule has 5 nitrogen and oxygen atoms in total. The standard InChI is InChI=1S/C19H21BrN2O3/c1-12-10-14(20)8-9-16(12)22-17(23)13-6-5-7-15(11-13)21-18(24)25-19(2,3)4/h5-11H,1-4H3,(H,21,24)(H,22,23). The Kier molecular flexibility index (Phi) is 5.85. The summed E-state index contributed by atoms with van der Waals surface area (Å²) < 4.78 is 6.16. The van der Waals surface area contributed by atoms with Crippen LogP contribution in [0.15, 0.2) is 46.9 Å². The highest BCUT2D eigenvalue weighted by molar-refractivity contribution is 9.10. The second-order valence-corrected chi connectivity index (χ2v) is 7.54. The van der Waals surface area contributed by atoms with Gasteiger partial charge >= 0.3 is 6.09 Å². The summed E-state index contributed by atoms with van der Waals surface area (Å²) in [7, 11) is 0. The highest BCUT2D eigenvalue weighted by Gasteiger charge is 2.16. The summed E-state index contributed by atoms with van der Waals surface area (Å²) in [5.41, 5.74) is 2.04. The lowest BCUT2D eigenvalue weighted by molar-refractivity contribution is 0.0635. The maximum Gasteiger partial charge on any atom is 0.412 e. The van der Waals surface area contributed by atoms with E-state index in [0.717, 1.165) is 15.7 Å². The van der Waals surface area contributed by atoms with Gasteiger partial charge in [0, 0.05) is 21.4 Å². The number of hydrogen-bond donors (Lipinski definition) is 2. The maximum absolute atomic E-state index is 12.5. The first-order valence-corrected chi connectivity index (χ1v) is 8.61. The molecule has 0 bridgehead atoms. The van der Waals surface area contributed by atoms with E-state index in [-0.39, 0.29) is 5.91 Å². The smallest absolute Gasteiger partial charge is 0.412 e. The summed E-state index contributed by atoms with van der Waals surface area (Å²) in [4.78, 5) is 24.3. The number of nitrogens with one attached hydrogen (secondary N) is 2. The number of benzene rings is 2. The molecule has 0 aliphatic rings. The summed E-state index contributed by atoms with van der Waals surface area (Å²) in [5, 5.41) is 5.50. The molecule has 0 saturated carbocycles. The van der Waals surface area contributed by atoms with Crippen LogP contribution in [-0.2, 0) is 4.74 Å². The molecule has 0 spiro atoms. The highest BCUT2D eigenvalue weighted by Crippen LogP contribution is 2.21. The third-order valence-electron chi connectivity index (χ3n) is 3.21. The van der Waals surface area contributed by atoms with Gasteiger partial charge in [-0.2, -0.15) is 0 Å². The predicted octanol–water partition coefficient (Wildman–Crippen LogP) is 5.36. The van der Waals surface area contributed by atoms with Gasteiger partial charge in [0.2, 0.25) is 0 Å². The van der Waals surface area contributed by atoms with Crippen LogP contribution in [-0.4, -0.2) is 17.6 Å². The largest absolute Gasteiger partial charge is 0.444 e. The average Bonchev–Trinajstić information content (AvgIpc) is 2.48. The fraction of sp³-hybridized carbons (Fsp3) is 0.263. The SMILES string of the molecule is Cc1cc(Br)ccc1NC(=O)c1cccc(NC(=O)OC(C)(C)C)c1. The molecule has 0 saturated heterocycles. The van der Waals surface area contributed by atoms with Crippen molar-refractivity contribution in [2.75, 3.05) is 10.6 Å². The van der Waals surface area contributed by atoms with Gasteiger partial charge in [0.05, 0.1) is 0 Å². The molecule has 132 valence electrons. The molecule has 2 amide bonds. The molecule has 2 N–H and O–H groups in total. The van der Waals surface area contributed by atoms with E-state index >= 15 is 0 Å². The molecule has 0 radical (unpaired) electrons. The molecule has 2 aromatic carbocycles. The van der Waals surface area contributed by atoms with Crippen LogP contribution in [0.25, 0.3) is 0 Å². The summed E-state index contributed by atoms with van der Waals surface area (Å²) >= 11 is 3.40. The second-order valence-electron chi connectivity index (χ2n) is 6.62. The Balaban J connectivity index is 2.09. The Bertz CT molecular complexity index is 797. The molecule has 0 aliphatic carbocycles. The average molecular weight is 405 g/mol. The number of amides is 2. The number of anilines is 2. The van der Waals surface area contributed by atoms with Gasteiger partial charge in [0.1, 0.15) is 5.60 Å². The number of aryl methyl sites for hydroxylation is 1. The highest BCUT2D eigenvalue weighted by atomic mass is 79.9. The first-order valence-electron chi connectivity index (χ1n) is 7.81. The molecule has 0 aliphatic heterocycles. The van der Waals surface area contributed by atoms with Crippen molar-refractivity contribution < 1.29 is 14.3 Å². The zero-order valence-corrected chi connectivity index (χ0v) is 16.2. The van der Waals surface area contributed by atoms with E-state index in [2.05, 4.69) is 26.6 Å². The van der Waals surface area contributed by atoms with Crippen LogP contribution in [0.4, 0.5) is 16.2 Å². The Morgan fingerprint density at radius 3 is 2.40 bits per heavy atom. The minimum absolute atomic E-state index is 0.252. The van der Waals surface area contributed by atoms with Crippen LogP contribution in [0.3, 0.4) is 0 Å². The second kappa shape index (κ2) is 7.70. The minimum atomic E-state index is -0.585. The van der Waals surface area contributed by atoms with Gasteiger partial charge in [-0.1, -0.05) is 22.0 Å². The molecule has 0 aromatic heterocycles. The van der Waals surface area contributed by atoms with Crippen molar-refractivity contribution in [1.82, 2.24) is 0 Å². The van der Waals surface area contributed by atoms with Gasteiger partial charge in [0.25, 0.3) is 5.91 Å². The lowest BCUT2D eigenvalue weighted by Gasteiger charge is -2.19. The number of halogens is 1. The fourth-order valence-electron chi connectivity index (χ4n) is 2.12. The van der Waals surface area contributed by atoms with Gasteiger partial charge in [-0.15, -0.1) is 0 Å². The summed E-state index contributed by atoms with van der Waals surface area (Å²) in [6.07, 6.45) is -0.561. The summed E-state index contributed by atoms with van der Waals surface area (Å²) in [6.45, 7) is 7.28. The third-order valence-corrected chi connectivity index (χ3v) is 3.70. The third kappa shape index (κ3) is 5.90. The monoisotopic (exact) mass is 404 g/mol. The summed E-state index contributed by atoms with van der Waals surface area (Å²) in [6, 6.07) is 12.3. The van der Waals surface area contributed by atoms with Gasteiger partial charge in [-0.25, -0.2) is 4.79 Å². The van der Waals surface area contributed by atoms with E-state index in [1.807, 2.05) is 25.1 Å². The van der Waals surface area contributed by atoms with Crippen LogP contribution in [0, 0.1) is 6.92 Å². The van der Waals surface area contributed by atoms with Crippen molar-refractivity contribution >= 4 is 39.3 Å². The quantitative estimate of drug-likeness (QED) is 0.723. The minimum Gasteiger partial charge on any atom is -0.444 e. The Morgan fingerprint density at radius 2 is 1.76 bits per heavy atom. The molecule has 6 heteroatoms. The van der Waals surface area contributed by atoms with E-state index in [4.69, 9.17) is 4.74 Å². The Labute approximate surface area is 155 Å². The molecular formula is C19H21BrN2O3. The van der Waals surface area contributed by atoms with Crippen LogP contribution < -0.4 is 10.6 Å². The molecule has 0 atom stereocenters. The lowest BCUT2D eigenvalue weighted by atomic mass is 10.1. The van der Waals surface area contributed by atoms with E-state index < -0.39 is 11.7 Å². The molecule has 0 fully saturated rings. The molecule has 2 aromatic rings. The Hall–Kier alpha value is -2.34. The van der Waals surface area contributed by atoms with Gasteiger partial charge in [-0.05, 0) is 69.7 Å². The van der Waals surface area contributed by atoms with Gasteiger partial charge in [0.15, 0.2) is 0 Å².